The average Bonchev–Trinajstić information content (AvgIpc) is 2.38. The number of carbonyl (C=O) groups is 1. The highest BCUT2D eigenvalue weighted by Gasteiger charge is 2.64. The molecule has 0 aromatic carbocycles. The van der Waals surface area contributed by atoms with Gasteiger partial charge in [0.15, 0.2) is 0 Å². The van der Waals surface area contributed by atoms with Crippen LogP contribution in [0.4, 0.5) is 0 Å². The molecule has 0 spiro atoms. The second kappa shape index (κ2) is 1.93. The van der Waals surface area contributed by atoms with E-state index in [1.807, 2.05) is 0 Å². The molecular formula is C6H11NO3. The van der Waals surface area contributed by atoms with Gasteiger partial charge in [0.1, 0.15) is 5.54 Å². The predicted molar refractivity (Wildman–Crippen MR) is 34.3 cm³/mol. The van der Waals surface area contributed by atoms with Gasteiger partial charge in [-0.25, -0.2) is 0 Å². The molecule has 0 aliphatic heterocycles. The lowest BCUT2D eigenvalue weighted by atomic mass is 10.2. The maximum atomic E-state index is 10.4. The number of rotatable bonds is 2. The Morgan fingerprint density at radius 2 is 2.30 bits per heavy atom. The first kappa shape index (κ1) is 7.50. The molecule has 1 aliphatic rings. The third-order valence-corrected chi connectivity index (χ3v) is 2.43. The van der Waals surface area contributed by atoms with E-state index in [9.17, 15) is 4.79 Å². The fourth-order valence-electron chi connectivity index (χ4n) is 1.34. The van der Waals surface area contributed by atoms with Crippen LogP contribution in [0.3, 0.4) is 0 Å². The fourth-order valence-corrected chi connectivity index (χ4v) is 1.34. The van der Waals surface area contributed by atoms with Gasteiger partial charge in [0.2, 0.25) is 0 Å². The molecule has 0 heterocycles. The van der Waals surface area contributed by atoms with Gasteiger partial charge in [-0.3, -0.25) is 4.79 Å². The Bertz CT molecular complexity index is 170. The topological polar surface area (TPSA) is 83.5 Å². The normalized spacial score (nSPS) is 45.1. The number of aliphatic hydroxyl groups is 1. The molecule has 4 nitrogen and oxygen atoms in total. The maximum Gasteiger partial charge on any atom is 0.324 e. The van der Waals surface area contributed by atoms with Gasteiger partial charge in [0, 0.05) is 12.5 Å². The van der Waals surface area contributed by atoms with Crippen LogP contribution in [-0.2, 0) is 4.79 Å². The number of aliphatic hydroxyl groups excluding tert-OH is 1. The summed E-state index contributed by atoms with van der Waals surface area (Å²) >= 11 is 0. The van der Waals surface area contributed by atoms with E-state index in [-0.39, 0.29) is 18.4 Å². The van der Waals surface area contributed by atoms with E-state index < -0.39 is 11.5 Å². The van der Waals surface area contributed by atoms with Gasteiger partial charge in [-0.1, -0.05) is 6.92 Å². The molecular weight excluding hydrogens is 134 g/mol. The van der Waals surface area contributed by atoms with Gasteiger partial charge in [-0.2, -0.15) is 0 Å². The maximum absolute atomic E-state index is 10.4. The fraction of sp³-hybridized carbons (Fsp3) is 0.833. The van der Waals surface area contributed by atoms with Crippen LogP contribution in [0.5, 0.6) is 0 Å². The summed E-state index contributed by atoms with van der Waals surface area (Å²) in [5.41, 5.74) is 4.27. The lowest BCUT2D eigenvalue weighted by molar-refractivity contribution is -0.140. The van der Waals surface area contributed by atoms with Crippen LogP contribution >= 0.6 is 0 Å². The molecule has 0 amide bonds. The number of aliphatic carboxylic acids is 1. The van der Waals surface area contributed by atoms with Crippen LogP contribution in [0.15, 0.2) is 0 Å². The second-order valence-corrected chi connectivity index (χ2v) is 2.82. The van der Waals surface area contributed by atoms with Crippen molar-refractivity contribution in [2.24, 2.45) is 17.6 Å². The lowest BCUT2D eigenvalue weighted by Gasteiger charge is -2.01. The second-order valence-electron chi connectivity index (χ2n) is 2.82. The molecule has 58 valence electrons. The standard InChI is InChI=1S/C6H11NO3/c1-3-4(2-8)6(3,7)5(9)10/h3-4,8H,2,7H2,1H3,(H,9,10)/t3?,4-,6-/m0/s1. The third kappa shape index (κ3) is 0.660. The number of hydrogen-bond acceptors (Lipinski definition) is 3. The Morgan fingerprint density at radius 1 is 1.80 bits per heavy atom. The highest BCUT2D eigenvalue weighted by Crippen LogP contribution is 2.47. The van der Waals surface area contributed by atoms with Crippen LogP contribution in [0.25, 0.3) is 0 Å². The minimum Gasteiger partial charge on any atom is -0.480 e. The molecule has 1 saturated carbocycles. The van der Waals surface area contributed by atoms with Gasteiger partial charge in [0.05, 0.1) is 0 Å². The van der Waals surface area contributed by atoms with Crippen molar-refractivity contribution >= 4 is 5.97 Å². The van der Waals surface area contributed by atoms with Gasteiger partial charge >= 0.3 is 5.97 Å². The van der Waals surface area contributed by atoms with Gasteiger partial charge in [-0.15, -0.1) is 0 Å². The molecule has 1 rings (SSSR count). The predicted octanol–water partition coefficient (Wildman–Crippen LogP) is -0.973. The SMILES string of the molecule is CC1[C@H](CO)[C@]1(N)C(=O)O. The summed E-state index contributed by atoms with van der Waals surface area (Å²) in [6.45, 7) is 1.60. The van der Waals surface area contributed by atoms with Crippen molar-refractivity contribution in [2.75, 3.05) is 6.61 Å². The van der Waals surface area contributed by atoms with E-state index in [4.69, 9.17) is 15.9 Å². The van der Waals surface area contributed by atoms with Crippen LogP contribution in [0.2, 0.25) is 0 Å². The van der Waals surface area contributed by atoms with Crippen LogP contribution in [0, 0.1) is 11.8 Å². The molecule has 0 aromatic rings. The van der Waals surface area contributed by atoms with Crippen molar-refractivity contribution in [3.63, 3.8) is 0 Å². The van der Waals surface area contributed by atoms with Gasteiger partial charge in [0.25, 0.3) is 0 Å². The van der Waals surface area contributed by atoms with Crippen molar-refractivity contribution in [3.8, 4) is 0 Å². The quantitative estimate of drug-likeness (QED) is 0.466. The molecule has 10 heavy (non-hydrogen) atoms. The van der Waals surface area contributed by atoms with E-state index in [1.165, 1.54) is 0 Å². The van der Waals surface area contributed by atoms with E-state index in [0.717, 1.165) is 0 Å². The molecule has 1 unspecified atom stereocenters. The Labute approximate surface area is 58.6 Å². The molecule has 1 aliphatic carbocycles. The number of carboxylic acid groups (broad SMARTS) is 1. The average molecular weight is 145 g/mol. The molecule has 1 fully saturated rings. The summed E-state index contributed by atoms with van der Waals surface area (Å²) in [6, 6.07) is 0. The molecule has 0 bridgehead atoms. The zero-order chi connectivity index (χ0) is 7.94. The summed E-state index contributed by atoms with van der Waals surface area (Å²) < 4.78 is 0. The summed E-state index contributed by atoms with van der Waals surface area (Å²) in [5.74, 6) is -1.38. The molecule has 3 atom stereocenters. The van der Waals surface area contributed by atoms with E-state index in [1.54, 1.807) is 6.92 Å². The zero-order valence-electron chi connectivity index (χ0n) is 5.74. The number of hydrogen-bond donors (Lipinski definition) is 3. The Balaban J connectivity index is 2.67. The van der Waals surface area contributed by atoms with Gasteiger partial charge < -0.3 is 15.9 Å². The van der Waals surface area contributed by atoms with Gasteiger partial charge in [-0.05, 0) is 5.92 Å². The first-order valence-corrected chi connectivity index (χ1v) is 3.18. The molecule has 4 heteroatoms. The third-order valence-electron chi connectivity index (χ3n) is 2.43. The first-order chi connectivity index (χ1) is 4.55. The molecule has 0 radical (unpaired) electrons. The minimum atomic E-state index is -1.16. The van der Waals surface area contributed by atoms with Crippen molar-refractivity contribution in [1.29, 1.82) is 0 Å². The summed E-state index contributed by atoms with van der Waals surface area (Å²) in [6.07, 6.45) is 0. The number of carboxylic acids is 1. The molecule has 0 saturated heterocycles. The Kier molecular flexibility index (Phi) is 1.45. The largest absolute Gasteiger partial charge is 0.480 e. The van der Waals surface area contributed by atoms with Crippen molar-refractivity contribution in [3.05, 3.63) is 0 Å². The molecule has 4 N–H and O–H groups in total. The Morgan fingerprint density at radius 3 is 2.40 bits per heavy atom. The number of nitrogens with two attached hydrogens (primary N) is 1. The highest BCUT2D eigenvalue weighted by molar-refractivity contribution is 5.83. The summed E-state index contributed by atoms with van der Waals surface area (Å²) in [4.78, 5) is 10.4. The van der Waals surface area contributed by atoms with E-state index in [0.29, 0.717) is 0 Å². The van der Waals surface area contributed by atoms with E-state index in [2.05, 4.69) is 0 Å². The van der Waals surface area contributed by atoms with Crippen LogP contribution < -0.4 is 5.73 Å². The summed E-state index contributed by atoms with van der Waals surface area (Å²) in [7, 11) is 0. The van der Waals surface area contributed by atoms with Crippen molar-refractivity contribution in [2.45, 2.75) is 12.5 Å². The smallest absolute Gasteiger partial charge is 0.324 e. The van der Waals surface area contributed by atoms with Crippen molar-refractivity contribution < 1.29 is 15.0 Å². The monoisotopic (exact) mass is 145 g/mol. The van der Waals surface area contributed by atoms with Crippen LogP contribution in [0.1, 0.15) is 6.92 Å². The summed E-state index contributed by atoms with van der Waals surface area (Å²) in [5, 5.41) is 17.2. The first-order valence-electron chi connectivity index (χ1n) is 3.18. The molecule has 0 aromatic heterocycles. The highest BCUT2D eigenvalue weighted by atomic mass is 16.4. The van der Waals surface area contributed by atoms with E-state index >= 15 is 0 Å². The minimum absolute atomic E-state index is 0.102. The lowest BCUT2D eigenvalue weighted by Crippen LogP contribution is -2.37. The zero-order valence-corrected chi connectivity index (χ0v) is 5.74. The Hall–Kier alpha value is -0.610. The van der Waals surface area contributed by atoms with Crippen molar-refractivity contribution in [1.82, 2.24) is 0 Å². The van der Waals surface area contributed by atoms with Crippen LogP contribution in [-0.4, -0.2) is 28.3 Å².